The number of hydrogen-bond donors (Lipinski definition) is 3. The third-order valence-corrected chi connectivity index (χ3v) is 4.44. The number of nitrogens with two attached hydrogens (primary N) is 1. The molecule has 0 unspecified atom stereocenters. The molecule has 8 heteroatoms. The Hall–Kier alpha value is -1.93. The number of nitrogens with one attached hydrogen (secondary N) is 2. The highest BCUT2D eigenvalue weighted by molar-refractivity contribution is 7.89. The quantitative estimate of drug-likeness (QED) is 0.744. The average Bonchev–Trinajstić information content (AvgIpc) is 2.78. The van der Waals surface area contributed by atoms with Crippen molar-refractivity contribution in [2.24, 2.45) is 0 Å². The second-order valence-corrected chi connectivity index (χ2v) is 6.29. The van der Waals surface area contributed by atoms with Crippen LogP contribution in [-0.4, -0.2) is 30.1 Å². The molecule has 2 rings (SSSR count). The van der Waals surface area contributed by atoms with Crippen LogP contribution in [0.15, 0.2) is 23.1 Å². The maximum atomic E-state index is 12.2. The molecule has 0 bridgehead atoms. The second kappa shape index (κ2) is 5.59. The molecule has 0 amide bonds. The number of aromatic nitrogens is 3. The van der Waals surface area contributed by atoms with E-state index in [-0.39, 0.29) is 12.5 Å². The van der Waals surface area contributed by atoms with Crippen molar-refractivity contribution in [2.75, 3.05) is 12.3 Å². The second-order valence-electron chi connectivity index (χ2n) is 4.56. The summed E-state index contributed by atoms with van der Waals surface area (Å²) in [6, 6.07) is 5.33. The SMILES string of the molecule is Cc1ccc(C)c(S(=O)(=O)NCCc2nc(N)n[nH]2)c1. The Kier molecular flexibility index (Phi) is 4.05. The number of nitrogen functional groups attached to an aromatic ring is 1. The van der Waals surface area contributed by atoms with E-state index in [9.17, 15) is 8.42 Å². The Bertz CT molecular complexity index is 708. The van der Waals surface area contributed by atoms with Gasteiger partial charge in [0.05, 0.1) is 4.90 Å². The maximum absolute atomic E-state index is 12.2. The molecule has 1 aromatic heterocycles. The smallest absolute Gasteiger partial charge is 0.240 e. The molecular weight excluding hydrogens is 278 g/mol. The molecule has 1 aromatic carbocycles. The van der Waals surface area contributed by atoms with E-state index >= 15 is 0 Å². The molecule has 0 spiro atoms. The van der Waals surface area contributed by atoms with Crippen molar-refractivity contribution >= 4 is 16.0 Å². The van der Waals surface area contributed by atoms with Crippen LogP contribution in [0.5, 0.6) is 0 Å². The van der Waals surface area contributed by atoms with Crippen molar-refractivity contribution in [3.63, 3.8) is 0 Å². The lowest BCUT2D eigenvalue weighted by Gasteiger charge is -2.09. The number of hydrogen-bond acceptors (Lipinski definition) is 5. The van der Waals surface area contributed by atoms with Gasteiger partial charge >= 0.3 is 0 Å². The molecule has 0 saturated heterocycles. The van der Waals surface area contributed by atoms with Gasteiger partial charge in [0.1, 0.15) is 5.82 Å². The standard InChI is InChI=1S/C12H17N5O2S/c1-8-3-4-9(2)10(7-8)20(18,19)14-6-5-11-15-12(13)17-16-11/h3-4,7,14H,5-6H2,1-2H3,(H3,13,15,16,17). The zero-order chi connectivity index (χ0) is 14.8. The highest BCUT2D eigenvalue weighted by atomic mass is 32.2. The molecular formula is C12H17N5O2S. The van der Waals surface area contributed by atoms with Gasteiger partial charge in [-0.2, -0.15) is 4.98 Å². The lowest BCUT2D eigenvalue weighted by molar-refractivity contribution is 0.580. The summed E-state index contributed by atoms with van der Waals surface area (Å²) >= 11 is 0. The molecule has 0 fully saturated rings. The number of sulfonamides is 1. The van der Waals surface area contributed by atoms with Gasteiger partial charge in [0.25, 0.3) is 0 Å². The minimum absolute atomic E-state index is 0.150. The first-order valence-electron chi connectivity index (χ1n) is 6.12. The minimum Gasteiger partial charge on any atom is -0.367 e. The largest absolute Gasteiger partial charge is 0.367 e. The van der Waals surface area contributed by atoms with E-state index in [1.165, 1.54) is 0 Å². The van der Waals surface area contributed by atoms with E-state index < -0.39 is 10.0 Å². The fourth-order valence-electron chi connectivity index (χ4n) is 1.80. The van der Waals surface area contributed by atoms with Crippen molar-refractivity contribution in [1.29, 1.82) is 0 Å². The molecule has 108 valence electrons. The molecule has 0 aliphatic carbocycles. The number of anilines is 1. The first-order chi connectivity index (χ1) is 9.38. The summed E-state index contributed by atoms with van der Waals surface area (Å²) in [4.78, 5) is 4.21. The zero-order valence-electron chi connectivity index (χ0n) is 11.3. The molecule has 0 aliphatic heterocycles. The van der Waals surface area contributed by atoms with Gasteiger partial charge in [0, 0.05) is 13.0 Å². The van der Waals surface area contributed by atoms with Crippen LogP contribution in [0.3, 0.4) is 0 Å². The van der Waals surface area contributed by atoms with Crippen LogP contribution in [0.4, 0.5) is 5.95 Å². The predicted molar refractivity (Wildman–Crippen MR) is 75.6 cm³/mol. The monoisotopic (exact) mass is 295 g/mol. The summed E-state index contributed by atoms with van der Waals surface area (Å²) in [6.07, 6.45) is 0.397. The Balaban J connectivity index is 2.06. The number of nitrogens with zero attached hydrogens (tertiary/aromatic N) is 2. The summed E-state index contributed by atoms with van der Waals surface area (Å²) in [7, 11) is -3.52. The third kappa shape index (κ3) is 3.34. The van der Waals surface area contributed by atoms with Crippen LogP contribution < -0.4 is 10.5 Å². The van der Waals surface area contributed by atoms with E-state index in [0.29, 0.717) is 22.7 Å². The first kappa shape index (κ1) is 14.5. The van der Waals surface area contributed by atoms with Crippen LogP contribution in [0.1, 0.15) is 17.0 Å². The van der Waals surface area contributed by atoms with Gasteiger partial charge in [0.2, 0.25) is 16.0 Å². The maximum Gasteiger partial charge on any atom is 0.240 e. The summed E-state index contributed by atoms with van der Waals surface area (Å²) in [5.74, 6) is 0.698. The fourth-order valence-corrected chi connectivity index (χ4v) is 3.16. The molecule has 0 atom stereocenters. The van der Waals surface area contributed by atoms with E-state index in [1.807, 2.05) is 13.0 Å². The first-order valence-corrected chi connectivity index (χ1v) is 7.60. The molecule has 0 saturated carbocycles. The molecule has 0 radical (unpaired) electrons. The summed E-state index contributed by atoms with van der Waals surface area (Å²) in [5.41, 5.74) is 6.99. The van der Waals surface area contributed by atoms with Crippen LogP contribution in [0.2, 0.25) is 0 Å². The molecule has 2 aromatic rings. The Morgan fingerprint density at radius 1 is 1.35 bits per heavy atom. The molecule has 20 heavy (non-hydrogen) atoms. The topological polar surface area (TPSA) is 114 Å². The Labute approximate surface area is 117 Å². The number of H-pyrrole nitrogens is 1. The van der Waals surface area contributed by atoms with Crippen LogP contribution in [0, 0.1) is 13.8 Å². The lowest BCUT2D eigenvalue weighted by Crippen LogP contribution is -2.27. The van der Waals surface area contributed by atoms with E-state index in [0.717, 1.165) is 5.56 Å². The Morgan fingerprint density at radius 3 is 2.75 bits per heavy atom. The number of aryl methyl sites for hydroxylation is 2. The highest BCUT2D eigenvalue weighted by Gasteiger charge is 2.16. The van der Waals surface area contributed by atoms with E-state index in [1.54, 1.807) is 19.1 Å². The molecule has 1 heterocycles. The molecule has 0 aliphatic rings. The predicted octanol–water partition coefficient (Wildman–Crippen LogP) is 0.525. The summed E-state index contributed by atoms with van der Waals surface area (Å²) < 4.78 is 27.0. The van der Waals surface area contributed by atoms with Crippen molar-refractivity contribution < 1.29 is 8.42 Å². The van der Waals surface area contributed by atoms with Crippen LogP contribution in [0.25, 0.3) is 0 Å². The third-order valence-electron chi connectivity index (χ3n) is 2.84. The normalized spacial score (nSPS) is 11.7. The van der Waals surface area contributed by atoms with Gasteiger partial charge in [0.15, 0.2) is 0 Å². The number of aromatic amines is 1. The van der Waals surface area contributed by atoms with Gasteiger partial charge in [-0.3, -0.25) is 5.10 Å². The number of benzene rings is 1. The van der Waals surface area contributed by atoms with Gasteiger partial charge < -0.3 is 5.73 Å². The Morgan fingerprint density at radius 2 is 2.10 bits per heavy atom. The van der Waals surface area contributed by atoms with Crippen LogP contribution >= 0.6 is 0 Å². The lowest BCUT2D eigenvalue weighted by atomic mass is 10.2. The van der Waals surface area contributed by atoms with Crippen molar-refractivity contribution in [2.45, 2.75) is 25.2 Å². The van der Waals surface area contributed by atoms with E-state index in [4.69, 9.17) is 5.73 Å². The summed E-state index contributed by atoms with van der Waals surface area (Å²) in [6.45, 7) is 3.85. The van der Waals surface area contributed by atoms with Crippen LogP contribution in [-0.2, 0) is 16.4 Å². The number of rotatable bonds is 5. The zero-order valence-corrected chi connectivity index (χ0v) is 12.2. The van der Waals surface area contributed by atoms with Gasteiger partial charge in [-0.05, 0) is 31.0 Å². The van der Waals surface area contributed by atoms with Gasteiger partial charge in [-0.1, -0.05) is 12.1 Å². The summed E-state index contributed by atoms with van der Waals surface area (Å²) in [5, 5.41) is 6.31. The minimum atomic E-state index is -3.52. The van der Waals surface area contributed by atoms with Gasteiger partial charge in [-0.15, -0.1) is 5.10 Å². The van der Waals surface area contributed by atoms with Crippen molar-refractivity contribution in [3.8, 4) is 0 Å². The fraction of sp³-hybridized carbons (Fsp3) is 0.333. The molecule has 4 N–H and O–H groups in total. The van der Waals surface area contributed by atoms with Crippen molar-refractivity contribution in [1.82, 2.24) is 19.9 Å². The molecule has 7 nitrogen and oxygen atoms in total. The van der Waals surface area contributed by atoms with Crippen molar-refractivity contribution in [3.05, 3.63) is 35.2 Å². The highest BCUT2D eigenvalue weighted by Crippen LogP contribution is 2.16. The average molecular weight is 295 g/mol. The van der Waals surface area contributed by atoms with Gasteiger partial charge in [-0.25, -0.2) is 13.1 Å². The van der Waals surface area contributed by atoms with E-state index in [2.05, 4.69) is 19.9 Å².